The maximum absolute atomic E-state index is 13.7. The Kier molecular flexibility index (Phi) is 4.89. The number of rotatable bonds is 5. The van der Waals surface area contributed by atoms with E-state index in [1.54, 1.807) is 0 Å². The number of anilines is 1. The van der Waals surface area contributed by atoms with E-state index in [9.17, 15) is 4.39 Å². The molecule has 0 N–H and O–H groups in total. The Morgan fingerprint density at radius 3 is 2.53 bits per heavy atom. The van der Waals surface area contributed by atoms with Crippen molar-refractivity contribution in [3.05, 3.63) is 29.6 Å². The molecule has 0 aliphatic heterocycles. The second-order valence-corrected chi connectivity index (χ2v) is 3.77. The maximum atomic E-state index is 13.7. The number of benzene rings is 1. The summed E-state index contributed by atoms with van der Waals surface area (Å²) in [5.74, 6) is 0.181. The first-order chi connectivity index (χ1) is 7.22. The van der Waals surface area contributed by atoms with Gasteiger partial charge >= 0.3 is 0 Å². The van der Waals surface area contributed by atoms with Crippen molar-refractivity contribution in [1.29, 1.82) is 0 Å². The van der Waals surface area contributed by atoms with Gasteiger partial charge < -0.3 is 4.90 Å². The predicted octanol–water partition coefficient (Wildman–Crippen LogP) is 3.80. The maximum Gasteiger partial charge on any atom is 0.146 e. The quantitative estimate of drug-likeness (QED) is 0.695. The minimum Gasteiger partial charge on any atom is -0.369 e. The summed E-state index contributed by atoms with van der Waals surface area (Å²) < 4.78 is 13.7. The molecule has 84 valence electrons. The first kappa shape index (κ1) is 12.3. The molecular formula is C12H17ClFN. The highest BCUT2D eigenvalue weighted by Crippen LogP contribution is 2.21. The summed E-state index contributed by atoms with van der Waals surface area (Å²) in [6.07, 6.45) is 1.02. The van der Waals surface area contributed by atoms with Crippen LogP contribution < -0.4 is 4.90 Å². The fourth-order valence-electron chi connectivity index (χ4n) is 1.61. The highest BCUT2D eigenvalue weighted by Gasteiger charge is 2.09. The van der Waals surface area contributed by atoms with E-state index in [-0.39, 0.29) is 5.82 Å². The number of halogens is 2. The molecule has 0 radical (unpaired) electrons. The lowest BCUT2D eigenvalue weighted by molar-refractivity contribution is 0.615. The molecule has 0 atom stereocenters. The Balaban J connectivity index is 2.92. The molecule has 0 saturated heterocycles. The summed E-state index contributed by atoms with van der Waals surface area (Å²) in [5.41, 5.74) is 1.50. The first-order valence-corrected chi connectivity index (χ1v) is 5.85. The molecule has 0 aliphatic carbocycles. The van der Waals surface area contributed by atoms with Crippen LogP contribution in [0, 0.1) is 5.82 Å². The van der Waals surface area contributed by atoms with Crippen molar-refractivity contribution in [3.63, 3.8) is 0 Å². The van der Waals surface area contributed by atoms with E-state index in [2.05, 4.69) is 6.92 Å². The third-order valence-corrected chi connectivity index (χ3v) is 2.69. The largest absolute Gasteiger partial charge is 0.369 e. The van der Waals surface area contributed by atoms with Gasteiger partial charge in [-0.3, -0.25) is 0 Å². The first-order valence-electron chi connectivity index (χ1n) is 5.32. The summed E-state index contributed by atoms with van der Waals surface area (Å²) in [6, 6.07) is 5.20. The molecule has 15 heavy (non-hydrogen) atoms. The minimum absolute atomic E-state index is 0.177. The molecule has 1 rings (SSSR count). The zero-order valence-electron chi connectivity index (χ0n) is 9.26. The Morgan fingerprint density at radius 1 is 1.33 bits per heavy atom. The van der Waals surface area contributed by atoms with E-state index in [0.29, 0.717) is 11.6 Å². The number of alkyl halides is 1. The minimum atomic E-state index is -0.177. The summed E-state index contributed by atoms with van der Waals surface area (Å²) in [7, 11) is 0. The fraction of sp³-hybridized carbons (Fsp3) is 0.500. The average molecular weight is 230 g/mol. The van der Waals surface area contributed by atoms with Crippen molar-refractivity contribution >= 4 is 17.3 Å². The standard InChI is InChI=1S/C12H17ClFN/c1-3-7-15(4-2)12-6-5-10(9-13)8-11(12)14/h5-6,8H,3-4,7,9H2,1-2H3. The molecule has 0 fully saturated rings. The monoisotopic (exact) mass is 229 g/mol. The van der Waals surface area contributed by atoms with Crippen molar-refractivity contribution in [2.75, 3.05) is 18.0 Å². The van der Waals surface area contributed by atoms with Gasteiger partial charge in [-0.25, -0.2) is 4.39 Å². The zero-order valence-corrected chi connectivity index (χ0v) is 10.0. The van der Waals surface area contributed by atoms with Crippen LogP contribution in [0.5, 0.6) is 0 Å². The summed E-state index contributed by atoms with van der Waals surface area (Å²) in [6.45, 7) is 5.83. The van der Waals surface area contributed by atoms with Gasteiger partial charge in [0.15, 0.2) is 0 Å². The number of hydrogen-bond donors (Lipinski definition) is 0. The van der Waals surface area contributed by atoms with Crippen LogP contribution in [0.25, 0.3) is 0 Å². The molecule has 0 amide bonds. The topological polar surface area (TPSA) is 3.24 Å². The van der Waals surface area contributed by atoms with Gasteiger partial charge in [0.25, 0.3) is 0 Å². The van der Waals surface area contributed by atoms with Crippen molar-refractivity contribution in [3.8, 4) is 0 Å². The van der Waals surface area contributed by atoms with Gasteiger partial charge in [-0.2, -0.15) is 0 Å². The number of hydrogen-bond acceptors (Lipinski definition) is 1. The SMILES string of the molecule is CCCN(CC)c1ccc(CCl)cc1F. The Bertz CT molecular complexity index is 314. The molecule has 0 spiro atoms. The van der Waals surface area contributed by atoms with Crippen LogP contribution in [0.15, 0.2) is 18.2 Å². The van der Waals surface area contributed by atoms with Gasteiger partial charge in [0, 0.05) is 19.0 Å². The molecule has 1 nitrogen and oxygen atoms in total. The van der Waals surface area contributed by atoms with Crippen LogP contribution in [0.1, 0.15) is 25.8 Å². The number of nitrogens with zero attached hydrogens (tertiary/aromatic N) is 1. The molecule has 0 aromatic heterocycles. The van der Waals surface area contributed by atoms with Crippen LogP contribution in [-0.2, 0) is 5.88 Å². The molecule has 3 heteroatoms. The molecule has 0 heterocycles. The van der Waals surface area contributed by atoms with Crippen LogP contribution in [-0.4, -0.2) is 13.1 Å². The van der Waals surface area contributed by atoms with Gasteiger partial charge in [0.05, 0.1) is 5.69 Å². The van der Waals surface area contributed by atoms with Crippen molar-refractivity contribution in [2.24, 2.45) is 0 Å². The van der Waals surface area contributed by atoms with Gasteiger partial charge in [0.1, 0.15) is 5.82 Å². The molecule has 0 bridgehead atoms. The third-order valence-electron chi connectivity index (χ3n) is 2.38. The van der Waals surface area contributed by atoms with E-state index in [4.69, 9.17) is 11.6 Å². The smallest absolute Gasteiger partial charge is 0.146 e. The highest BCUT2D eigenvalue weighted by atomic mass is 35.5. The van der Waals surface area contributed by atoms with Gasteiger partial charge in [-0.05, 0) is 31.0 Å². The zero-order chi connectivity index (χ0) is 11.3. The van der Waals surface area contributed by atoms with Crippen LogP contribution in [0.4, 0.5) is 10.1 Å². The van der Waals surface area contributed by atoms with E-state index in [1.165, 1.54) is 6.07 Å². The van der Waals surface area contributed by atoms with Gasteiger partial charge in [0.2, 0.25) is 0 Å². The van der Waals surface area contributed by atoms with Gasteiger partial charge in [-0.1, -0.05) is 13.0 Å². The van der Waals surface area contributed by atoms with E-state index < -0.39 is 0 Å². The normalized spacial score (nSPS) is 10.4. The van der Waals surface area contributed by atoms with Crippen LogP contribution in [0.3, 0.4) is 0 Å². The summed E-state index contributed by atoms with van der Waals surface area (Å²) in [4.78, 5) is 2.04. The highest BCUT2D eigenvalue weighted by molar-refractivity contribution is 6.17. The molecule has 0 unspecified atom stereocenters. The summed E-state index contributed by atoms with van der Waals surface area (Å²) >= 11 is 5.65. The molecule has 0 saturated carbocycles. The van der Waals surface area contributed by atoms with E-state index in [0.717, 1.165) is 25.1 Å². The van der Waals surface area contributed by atoms with Crippen LogP contribution >= 0.6 is 11.6 Å². The second kappa shape index (κ2) is 5.96. The van der Waals surface area contributed by atoms with Crippen molar-refractivity contribution < 1.29 is 4.39 Å². The molecule has 1 aromatic carbocycles. The van der Waals surface area contributed by atoms with Crippen LogP contribution in [0.2, 0.25) is 0 Å². The lowest BCUT2D eigenvalue weighted by atomic mass is 10.2. The lowest BCUT2D eigenvalue weighted by Gasteiger charge is -2.23. The Hall–Kier alpha value is -0.760. The fourth-order valence-corrected chi connectivity index (χ4v) is 1.78. The Labute approximate surface area is 95.8 Å². The average Bonchev–Trinajstić information content (AvgIpc) is 2.26. The predicted molar refractivity (Wildman–Crippen MR) is 64.1 cm³/mol. The third kappa shape index (κ3) is 3.10. The molecular weight excluding hydrogens is 213 g/mol. The second-order valence-electron chi connectivity index (χ2n) is 3.50. The van der Waals surface area contributed by atoms with E-state index >= 15 is 0 Å². The Morgan fingerprint density at radius 2 is 2.07 bits per heavy atom. The summed E-state index contributed by atoms with van der Waals surface area (Å²) in [5, 5.41) is 0. The van der Waals surface area contributed by atoms with Gasteiger partial charge in [-0.15, -0.1) is 11.6 Å². The van der Waals surface area contributed by atoms with Crippen molar-refractivity contribution in [2.45, 2.75) is 26.1 Å². The molecule has 0 aliphatic rings. The lowest BCUT2D eigenvalue weighted by Crippen LogP contribution is -2.24. The van der Waals surface area contributed by atoms with E-state index in [1.807, 2.05) is 24.0 Å². The molecule has 1 aromatic rings. The van der Waals surface area contributed by atoms with Crippen molar-refractivity contribution in [1.82, 2.24) is 0 Å².